The van der Waals surface area contributed by atoms with Crippen LogP contribution in [-0.2, 0) is 0 Å². The van der Waals surface area contributed by atoms with Crippen LogP contribution in [0.15, 0.2) is 0 Å². The van der Waals surface area contributed by atoms with Crippen LogP contribution in [-0.4, -0.2) is 29.6 Å². The lowest BCUT2D eigenvalue weighted by Gasteiger charge is -2.41. The summed E-state index contributed by atoms with van der Waals surface area (Å²) in [5.74, 6) is 1.61. The van der Waals surface area contributed by atoms with Crippen molar-refractivity contribution in [3.05, 3.63) is 0 Å². The first-order valence-corrected chi connectivity index (χ1v) is 5.93. The van der Waals surface area contributed by atoms with Gasteiger partial charge in [-0.15, -0.1) is 0 Å². The minimum atomic E-state index is 0.207. The number of hydrogen-bond acceptors (Lipinski definition) is 2. The van der Waals surface area contributed by atoms with Crippen LogP contribution in [0.3, 0.4) is 0 Å². The van der Waals surface area contributed by atoms with Gasteiger partial charge in [0.05, 0.1) is 0 Å². The predicted octanol–water partition coefficient (Wildman–Crippen LogP) is 2.09. The smallest absolute Gasteiger partial charge is 0.0304 e. The van der Waals surface area contributed by atoms with E-state index in [9.17, 15) is 0 Å². The van der Waals surface area contributed by atoms with Crippen LogP contribution < -0.4 is 5.73 Å². The van der Waals surface area contributed by atoms with Gasteiger partial charge in [-0.25, -0.2) is 0 Å². The summed E-state index contributed by atoms with van der Waals surface area (Å²) in [4.78, 5) is 2.61. The monoisotopic (exact) mass is 198 g/mol. The lowest BCUT2D eigenvalue weighted by Crippen LogP contribution is -2.53. The molecule has 2 N–H and O–H groups in total. The van der Waals surface area contributed by atoms with Gasteiger partial charge in [-0.1, -0.05) is 20.8 Å². The first-order valence-electron chi connectivity index (χ1n) is 5.93. The van der Waals surface area contributed by atoms with Crippen LogP contribution in [0.5, 0.6) is 0 Å². The van der Waals surface area contributed by atoms with Gasteiger partial charge in [-0.05, 0) is 32.1 Å². The molecule has 4 unspecified atom stereocenters. The van der Waals surface area contributed by atoms with Crippen molar-refractivity contribution in [2.24, 2.45) is 17.6 Å². The van der Waals surface area contributed by atoms with Crippen molar-refractivity contribution in [1.29, 1.82) is 0 Å². The van der Waals surface area contributed by atoms with Crippen LogP contribution in [0.1, 0.15) is 41.0 Å². The molecule has 1 fully saturated rings. The summed E-state index contributed by atoms with van der Waals surface area (Å²) in [6.45, 7) is 13.6. The number of rotatable bonds is 3. The van der Waals surface area contributed by atoms with Crippen LogP contribution >= 0.6 is 0 Å². The minimum absolute atomic E-state index is 0.207. The van der Waals surface area contributed by atoms with Crippen LogP contribution in [0, 0.1) is 11.8 Å². The Labute approximate surface area is 88.8 Å². The topological polar surface area (TPSA) is 29.3 Å². The van der Waals surface area contributed by atoms with E-state index in [2.05, 4.69) is 39.5 Å². The maximum absolute atomic E-state index is 5.91. The van der Waals surface area contributed by atoms with E-state index in [1.807, 2.05) is 0 Å². The Morgan fingerprint density at radius 3 is 2.21 bits per heavy atom. The van der Waals surface area contributed by atoms with Gasteiger partial charge in [0, 0.05) is 24.7 Å². The summed E-state index contributed by atoms with van der Waals surface area (Å²) >= 11 is 0. The van der Waals surface area contributed by atoms with Gasteiger partial charge in [0.2, 0.25) is 0 Å². The van der Waals surface area contributed by atoms with E-state index in [1.54, 1.807) is 0 Å². The third-order valence-electron chi connectivity index (χ3n) is 4.53. The van der Waals surface area contributed by atoms with Gasteiger partial charge >= 0.3 is 0 Å². The number of nitrogens with zero attached hydrogens (tertiary/aromatic N) is 1. The van der Waals surface area contributed by atoms with E-state index in [1.165, 1.54) is 6.54 Å². The van der Waals surface area contributed by atoms with Gasteiger partial charge in [0.15, 0.2) is 0 Å². The SMILES string of the molecule is CCC(C)(CN)N1CC(C)C(C)C1C. The van der Waals surface area contributed by atoms with E-state index in [0.717, 1.165) is 24.8 Å². The fraction of sp³-hybridized carbons (Fsp3) is 1.00. The summed E-state index contributed by atoms with van der Waals surface area (Å²) in [6.07, 6.45) is 1.15. The maximum Gasteiger partial charge on any atom is 0.0304 e. The molecule has 1 aliphatic heterocycles. The average molecular weight is 198 g/mol. The third-order valence-corrected chi connectivity index (χ3v) is 4.53. The number of hydrogen-bond donors (Lipinski definition) is 1. The van der Waals surface area contributed by atoms with Crippen molar-refractivity contribution in [2.75, 3.05) is 13.1 Å². The van der Waals surface area contributed by atoms with E-state index in [-0.39, 0.29) is 5.54 Å². The zero-order valence-electron chi connectivity index (χ0n) is 10.4. The molecule has 0 aliphatic carbocycles. The van der Waals surface area contributed by atoms with Gasteiger partial charge < -0.3 is 5.73 Å². The summed E-state index contributed by atoms with van der Waals surface area (Å²) < 4.78 is 0. The standard InChI is InChI=1S/C12H26N2/c1-6-12(5,8-13)14-7-9(2)10(3)11(14)4/h9-11H,6-8,13H2,1-5H3. The second-order valence-corrected chi connectivity index (χ2v) is 5.28. The molecule has 0 spiro atoms. The molecule has 0 amide bonds. The molecule has 1 aliphatic rings. The van der Waals surface area contributed by atoms with Crippen molar-refractivity contribution in [2.45, 2.75) is 52.6 Å². The molecule has 2 nitrogen and oxygen atoms in total. The summed E-state index contributed by atoms with van der Waals surface area (Å²) in [6, 6.07) is 0.679. The second kappa shape index (κ2) is 4.19. The summed E-state index contributed by atoms with van der Waals surface area (Å²) in [5, 5.41) is 0. The Bertz CT molecular complexity index is 187. The first-order chi connectivity index (χ1) is 6.46. The molecule has 0 aromatic rings. The van der Waals surface area contributed by atoms with E-state index in [0.29, 0.717) is 6.04 Å². The summed E-state index contributed by atoms with van der Waals surface area (Å²) in [7, 11) is 0. The van der Waals surface area contributed by atoms with E-state index >= 15 is 0 Å². The Morgan fingerprint density at radius 2 is 1.93 bits per heavy atom. The first kappa shape index (κ1) is 12.0. The van der Waals surface area contributed by atoms with Gasteiger partial charge in [-0.2, -0.15) is 0 Å². The van der Waals surface area contributed by atoms with Crippen molar-refractivity contribution >= 4 is 0 Å². The molecule has 4 atom stereocenters. The second-order valence-electron chi connectivity index (χ2n) is 5.28. The summed E-state index contributed by atoms with van der Waals surface area (Å²) in [5.41, 5.74) is 6.12. The van der Waals surface area contributed by atoms with Crippen molar-refractivity contribution < 1.29 is 0 Å². The molecule has 0 aromatic carbocycles. The normalized spacial score (nSPS) is 38.6. The molecule has 1 saturated heterocycles. The molecule has 14 heavy (non-hydrogen) atoms. The number of likely N-dealkylation sites (tertiary alicyclic amines) is 1. The highest BCUT2D eigenvalue weighted by Crippen LogP contribution is 2.35. The molecule has 1 rings (SSSR count). The maximum atomic E-state index is 5.91. The lowest BCUT2D eigenvalue weighted by molar-refractivity contribution is 0.0899. The molecule has 84 valence electrons. The zero-order valence-corrected chi connectivity index (χ0v) is 10.4. The molecular weight excluding hydrogens is 172 g/mol. The molecule has 2 heteroatoms. The fourth-order valence-corrected chi connectivity index (χ4v) is 2.58. The predicted molar refractivity (Wildman–Crippen MR) is 62.2 cm³/mol. The molecule has 1 heterocycles. The largest absolute Gasteiger partial charge is 0.329 e. The Kier molecular flexibility index (Phi) is 3.59. The van der Waals surface area contributed by atoms with Crippen molar-refractivity contribution in [1.82, 2.24) is 4.90 Å². The van der Waals surface area contributed by atoms with Crippen LogP contribution in [0.25, 0.3) is 0 Å². The van der Waals surface area contributed by atoms with Crippen LogP contribution in [0.4, 0.5) is 0 Å². The highest BCUT2D eigenvalue weighted by atomic mass is 15.3. The molecule has 0 bridgehead atoms. The lowest BCUT2D eigenvalue weighted by atomic mass is 9.93. The van der Waals surface area contributed by atoms with Crippen molar-refractivity contribution in [3.63, 3.8) is 0 Å². The van der Waals surface area contributed by atoms with E-state index < -0.39 is 0 Å². The third kappa shape index (κ3) is 1.82. The van der Waals surface area contributed by atoms with Crippen molar-refractivity contribution in [3.8, 4) is 0 Å². The quantitative estimate of drug-likeness (QED) is 0.752. The molecular formula is C12H26N2. The molecule has 0 saturated carbocycles. The highest BCUT2D eigenvalue weighted by molar-refractivity contribution is 4.96. The van der Waals surface area contributed by atoms with Gasteiger partial charge in [0.1, 0.15) is 0 Å². The Morgan fingerprint density at radius 1 is 1.36 bits per heavy atom. The minimum Gasteiger partial charge on any atom is -0.329 e. The molecule has 0 radical (unpaired) electrons. The Hall–Kier alpha value is -0.0800. The Balaban J connectivity index is 2.79. The van der Waals surface area contributed by atoms with Gasteiger partial charge in [0.25, 0.3) is 0 Å². The van der Waals surface area contributed by atoms with Gasteiger partial charge in [-0.3, -0.25) is 4.90 Å². The number of nitrogens with two attached hydrogens (primary N) is 1. The van der Waals surface area contributed by atoms with Crippen LogP contribution in [0.2, 0.25) is 0 Å². The van der Waals surface area contributed by atoms with E-state index in [4.69, 9.17) is 5.73 Å². The zero-order chi connectivity index (χ0) is 10.9. The molecule has 0 aromatic heterocycles. The average Bonchev–Trinajstić information content (AvgIpc) is 2.45. The fourth-order valence-electron chi connectivity index (χ4n) is 2.58. The highest BCUT2D eigenvalue weighted by Gasteiger charge is 2.41.